The van der Waals surface area contributed by atoms with E-state index in [0.29, 0.717) is 5.56 Å². The predicted molar refractivity (Wildman–Crippen MR) is 99.0 cm³/mol. The van der Waals surface area contributed by atoms with Gasteiger partial charge in [0.25, 0.3) is 5.91 Å². The molecule has 2 aromatic rings. The van der Waals surface area contributed by atoms with Crippen LogP contribution < -0.4 is 15.1 Å². The van der Waals surface area contributed by atoms with Gasteiger partial charge in [-0.1, -0.05) is 0 Å². The molecule has 0 bridgehead atoms. The maximum absolute atomic E-state index is 12.5. The lowest BCUT2D eigenvalue weighted by molar-refractivity contribution is 0.102. The second-order valence-corrected chi connectivity index (χ2v) is 6.37. The Morgan fingerprint density at radius 1 is 1.08 bits per heavy atom. The van der Waals surface area contributed by atoms with Gasteiger partial charge < -0.3 is 15.1 Å². The zero-order valence-corrected chi connectivity index (χ0v) is 14.3. The average Bonchev–Trinajstić information content (AvgIpc) is 2.63. The van der Waals surface area contributed by atoms with Crippen LogP contribution in [0.1, 0.15) is 29.6 Å². The van der Waals surface area contributed by atoms with Gasteiger partial charge in [-0.25, -0.2) is 0 Å². The molecule has 1 fully saturated rings. The van der Waals surface area contributed by atoms with Gasteiger partial charge in [0, 0.05) is 44.8 Å². The molecule has 3 rings (SSSR count). The molecule has 5 nitrogen and oxygen atoms in total. The molecule has 1 amide bonds. The Hall–Kier alpha value is -2.56. The van der Waals surface area contributed by atoms with Gasteiger partial charge in [0.1, 0.15) is 0 Å². The second kappa shape index (κ2) is 7.34. The minimum absolute atomic E-state index is 0.126. The van der Waals surface area contributed by atoms with Gasteiger partial charge in [-0.2, -0.15) is 0 Å². The van der Waals surface area contributed by atoms with Crippen molar-refractivity contribution < 1.29 is 4.79 Å². The first-order valence-electron chi connectivity index (χ1n) is 8.42. The fraction of sp³-hybridized carbons (Fsp3) is 0.368. The zero-order valence-electron chi connectivity index (χ0n) is 14.3. The Balaban J connectivity index is 1.70. The summed E-state index contributed by atoms with van der Waals surface area (Å²) in [6.07, 6.45) is 7.15. The summed E-state index contributed by atoms with van der Waals surface area (Å²) in [5.74, 6) is -0.126. The number of nitrogens with zero attached hydrogens (tertiary/aromatic N) is 3. The number of piperidine rings is 1. The van der Waals surface area contributed by atoms with Crippen LogP contribution in [0.25, 0.3) is 0 Å². The van der Waals surface area contributed by atoms with Crippen LogP contribution in [0.15, 0.2) is 42.7 Å². The van der Waals surface area contributed by atoms with Crippen LogP contribution in [0.4, 0.5) is 17.1 Å². The van der Waals surface area contributed by atoms with Gasteiger partial charge in [-0.15, -0.1) is 0 Å². The number of hydrogen-bond donors (Lipinski definition) is 1. The predicted octanol–water partition coefficient (Wildman–Crippen LogP) is 3.39. The molecule has 1 saturated heterocycles. The first kappa shape index (κ1) is 16.3. The number of aromatic nitrogens is 1. The normalized spacial score (nSPS) is 14.3. The van der Waals surface area contributed by atoms with Gasteiger partial charge >= 0.3 is 0 Å². The first-order chi connectivity index (χ1) is 11.6. The number of rotatable bonds is 4. The third kappa shape index (κ3) is 3.85. The molecule has 0 saturated carbocycles. The van der Waals surface area contributed by atoms with Crippen LogP contribution in [0.3, 0.4) is 0 Å². The summed E-state index contributed by atoms with van der Waals surface area (Å²) in [4.78, 5) is 21.1. The number of amides is 1. The zero-order chi connectivity index (χ0) is 16.9. The molecule has 1 aromatic heterocycles. The fourth-order valence-corrected chi connectivity index (χ4v) is 2.92. The number of benzene rings is 1. The van der Waals surface area contributed by atoms with Crippen molar-refractivity contribution in [2.75, 3.05) is 42.3 Å². The van der Waals surface area contributed by atoms with Gasteiger partial charge in [0.15, 0.2) is 0 Å². The third-order valence-electron chi connectivity index (χ3n) is 4.35. The standard InChI is InChI=1S/C19H24N4O/c1-22(2)17-8-6-16(7-9-17)21-19(24)15-12-18(14-20-13-15)23-10-4-3-5-11-23/h6-9,12-14H,3-5,10-11H2,1-2H3,(H,21,24). The van der Waals surface area contributed by atoms with Crippen molar-refractivity contribution in [3.05, 3.63) is 48.3 Å². The van der Waals surface area contributed by atoms with Crippen LogP contribution in [0.5, 0.6) is 0 Å². The molecule has 1 aromatic carbocycles. The number of anilines is 3. The summed E-state index contributed by atoms with van der Waals surface area (Å²) in [6.45, 7) is 2.08. The fourth-order valence-electron chi connectivity index (χ4n) is 2.92. The van der Waals surface area contributed by atoms with E-state index in [1.165, 1.54) is 19.3 Å². The molecular formula is C19H24N4O. The lowest BCUT2D eigenvalue weighted by Gasteiger charge is -2.28. The van der Waals surface area contributed by atoms with E-state index < -0.39 is 0 Å². The Labute approximate surface area is 143 Å². The van der Waals surface area contributed by atoms with Gasteiger partial charge in [-0.05, 0) is 49.6 Å². The lowest BCUT2D eigenvalue weighted by Crippen LogP contribution is -2.29. The molecule has 0 aliphatic carbocycles. The number of hydrogen-bond acceptors (Lipinski definition) is 4. The summed E-state index contributed by atoms with van der Waals surface area (Å²) in [5.41, 5.74) is 3.51. The molecule has 0 spiro atoms. The van der Waals surface area contributed by atoms with Crippen LogP contribution in [-0.2, 0) is 0 Å². The molecule has 24 heavy (non-hydrogen) atoms. The van der Waals surface area contributed by atoms with Crippen LogP contribution in [0.2, 0.25) is 0 Å². The summed E-state index contributed by atoms with van der Waals surface area (Å²) in [5, 5.41) is 2.94. The number of nitrogens with one attached hydrogen (secondary N) is 1. The van der Waals surface area contributed by atoms with E-state index in [1.54, 1.807) is 6.20 Å². The van der Waals surface area contributed by atoms with Crippen LogP contribution >= 0.6 is 0 Å². The van der Waals surface area contributed by atoms with Crippen molar-refractivity contribution >= 4 is 23.0 Å². The van der Waals surface area contributed by atoms with E-state index in [4.69, 9.17) is 0 Å². The van der Waals surface area contributed by atoms with Crippen molar-refractivity contribution in [1.29, 1.82) is 0 Å². The van der Waals surface area contributed by atoms with E-state index in [-0.39, 0.29) is 5.91 Å². The highest BCUT2D eigenvalue weighted by Crippen LogP contribution is 2.21. The molecule has 2 heterocycles. The summed E-state index contributed by atoms with van der Waals surface area (Å²) < 4.78 is 0. The van der Waals surface area contributed by atoms with Gasteiger partial charge in [-0.3, -0.25) is 9.78 Å². The Morgan fingerprint density at radius 3 is 2.46 bits per heavy atom. The van der Waals surface area contributed by atoms with Crippen molar-refractivity contribution in [3.63, 3.8) is 0 Å². The SMILES string of the molecule is CN(C)c1ccc(NC(=O)c2cncc(N3CCCCC3)c2)cc1. The number of pyridine rings is 1. The van der Waals surface area contributed by atoms with Crippen molar-refractivity contribution in [2.45, 2.75) is 19.3 Å². The summed E-state index contributed by atoms with van der Waals surface area (Å²) in [7, 11) is 3.98. The van der Waals surface area contributed by atoms with E-state index in [0.717, 1.165) is 30.2 Å². The first-order valence-corrected chi connectivity index (χ1v) is 8.42. The molecule has 1 aliphatic rings. The van der Waals surface area contributed by atoms with Crippen LogP contribution in [-0.4, -0.2) is 38.1 Å². The Kier molecular flexibility index (Phi) is 4.99. The molecule has 1 aliphatic heterocycles. The number of carbonyl (C=O) groups excluding carboxylic acids is 1. The Morgan fingerprint density at radius 2 is 1.79 bits per heavy atom. The summed E-state index contributed by atoms with van der Waals surface area (Å²) in [6, 6.07) is 9.72. The molecule has 1 N–H and O–H groups in total. The average molecular weight is 324 g/mol. The molecule has 0 radical (unpaired) electrons. The maximum Gasteiger partial charge on any atom is 0.257 e. The highest BCUT2D eigenvalue weighted by Gasteiger charge is 2.14. The van der Waals surface area contributed by atoms with E-state index in [1.807, 2.05) is 55.5 Å². The molecule has 5 heteroatoms. The minimum Gasteiger partial charge on any atom is -0.378 e. The van der Waals surface area contributed by atoms with E-state index in [9.17, 15) is 4.79 Å². The van der Waals surface area contributed by atoms with E-state index >= 15 is 0 Å². The van der Waals surface area contributed by atoms with Gasteiger partial charge in [0.05, 0.1) is 17.4 Å². The van der Waals surface area contributed by atoms with Crippen molar-refractivity contribution in [2.24, 2.45) is 0 Å². The molecule has 0 atom stereocenters. The Bertz CT molecular complexity index is 691. The van der Waals surface area contributed by atoms with Crippen LogP contribution in [0, 0.1) is 0 Å². The largest absolute Gasteiger partial charge is 0.378 e. The minimum atomic E-state index is -0.126. The lowest BCUT2D eigenvalue weighted by atomic mass is 10.1. The smallest absolute Gasteiger partial charge is 0.257 e. The molecule has 0 unspecified atom stereocenters. The second-order valence-electron chi connectivity index (χ2n) is 6.37. The molecule has 126 valence electrons. The molecular weight excluding hydrogens is 300 g/mol. The highest BCUT2D eigenvalue weighted by atomic mass is 16.1. The maximum atomic E-state index is 12.5. The van der Waals surface area contributed by atoms with Gasteiger partial charge in [0.2, 0.25) is 0 Å². The highest BCUT2D eigenvalue weighted by molar-refractivity contribution is 6.04. The van der Waals surface area contributed by atoms with Crippen molar-refractivity contribution in [3.8, 4) is 0 Å². The quantitative estimate of drug-likeness (QED) is 0.936. The topological polar surface area (TPSA) is 48.5 Å². The van der Waals surface area contributed by atoms with Crippen molar-refractivity contribution in [1.82, 2.24) is 4.98 Å². The van der Waals surface area contributed by atoms with E-state index in [2.05, 4.69) is 15.2 Å². The summed E-state index contributed by atoms with van der Waals surface area (Å²) >= 11 is 0. The number of carbonyl (C=O) groups is 1. The third-order valence-corrected chi connectivity index (χ3v) is 4.35. The monoisotopic (exact) mass is 324 g/mol.